The van der Waals surface area contributed by atoms with Crippen molar-refractivity contribution in [2.24, 2.45) is 5.73 Å². The molecule has 3 N–H and O–H groups in total. The van der Waals surface area contributed by atoms with Gasteiger partial charge in [-0.1, -0.05) is 0 Å². The molecule has 1 rings (SSSR count). The van der Waals surface area contributed by atoms with Crippen LogP contribution in [0.2, 0.25) is 0 Å². The Morgan fingerprint density at radius 1 is 1.62 bits per heavy atom. The highest BCUT2D eigenvalue weighted by Crippen LogP contribution is 1.99. The van der Waals surface area contributed by atoms with Gasteiger partial charge in [0, 0.05) is 19.3 Å². The van der Waals surface area contributed by atoms with Crippen LogP contribution >= 0.6 is 0 Å². The molecule has 5 heteroatoms. The van der Waals surface area contributed by atoms with E-state index in [2.05, 4.69) is 10.3 Å². The smallest absolute Gasteiger partial charge is 0.252 e. The number of nitrogens with zero attached hydrogens (tertiary/aromatic N) is 1. The molecule has 0 unspecified atom stereocenters. The first kappa shape index (κ1) is 9.60. The van der Waals surface area contributed by atoms with Crippen LogP contribution in [0.15, 0.2) is 18.5 Å². The third-order valence-electron chi connectivity index (χ3n) is 1.40. The molecule has 0 saturated carbocycles. The van der Waals surface area contributed by atoms with Crippen LogP contribution in [0.1, 0.15) is 10.4 Å². The highest BCUT2D eigenvalue weighted by atomic mass is 19.1. The van der Waals surface area contributed by atoms with Crippen molar-refractivity contribution in [2.45, 2.75) is 0 Å². The monoisotopic (exact) mass is 183 g/mol. The number of hydrogen-bond acceptors (Lipinski definition) is 3. The number of pyridine rings is 1. The minimum absolute atomic E-state index is 0.202. The van der Waals surface area contributed by atoms with Crippen molar-refractivity contribution in [2.75, 3.05) is 13.1 Å². The molecule has 70 valence electrons. The number of carbonyl (C=O) groups excluding carboxylic acids is 1. The Bertz CT molecular complexity index is 303. The lowest BCUT2D eigenvalue weighted by molar-refractivity contribution is 0.0954. The number of rotatable bonds is 3. The lowest BCUT2D eigenvalue weighted by Gasteiger charge is -2.01. The van der Waals surface area contributed by atoms with Gasteiger partial charge in [0.25, 0.3) is 5.91 Å². The summed E-state index contributed by atoms with van der Waals surface area (Å²) in [6, 6.07) is 1.12. The first-order valence-corrected chi connectivity index (χ1v) is 3.83. The zero-order valence-corrected chi connectivity index (χ0v) is 6.96. The van der Waals surface area contributed by atoms with E-state index in [-0.39, 0.29) is 11.5 Å². The summed E-state index contributed by atoms with van der Waals surface area (Å²) >= 11 is 0. The Morgan fingerprint density at radius 2 is 2.38 bits per heavy atom. The van der Waals surface area contributed by atoms with Gasteiger partial charge in [0.05, 0.1) is 11.8 Å². The Kier molecular flexibility index (Phi) is 3.33. The standard InChI is InChI=1S/C8H10FN3O/c9-7-3-6(4-11-5-7)8(13)12-2-1-10/h3-5H,1-2,10H2,(H,12,13). The lowest BCUT2D eigenvalue weighted by Crippen LogP contribution is -2.29. The molecule has 13 heavy (non-hydrogen) atoms. The number of carbonyl (C=O) groups is 1. The largest absolute Gasteiger partial charge is 0.351 e. The molecule has 0 atom stereocenters. The number of hydrogen-bond donors (Lipinski definition) is 2. The SMILES string of the molecule is NCCNC(=O)c1cncc(F)c1. The first-order valence-electron chi connectivity index (χ1n) is 3.83. The summed E-state index contributed by atoms with van der Waals surface area (Å²) in [5.74, 6) is -0.891. The van der Waals surface area contributed by atoms with Crippen molar-refractivity contribution >= 4 is 5.91 Å². The predicted molar refractivity (Wildman–Crippen MR) is 45.6 cm³/mol. The van der Waals surface area contributed by atoms with Gasteiger partial charge in [0.15, 0.2) is 0 Å². The molecular formula is C8H10FN3O. The number of aromatic nitrogens is 1. The normalized spacial score (nSPS) is 9.69. The molecule has 1 aromatic rings. The summed E-state index contributed by atoms with van der Waals surface area (Å²) in [6.07, 6.45) is 2.34. The molecule has 1 amide bonds. The van der Waals surface area contributed by atoms with Gasteiger partial charge < -0.3 is 11.1 Å². The van der Waals surface area contributed by atoms with Gasteiger partial charge in [-0.2, -0.15) is 0 Å². The number of halogens is 1. The molecule has 0 spiro atoms. The lowest BCUT2D eigenvalue weighted by atomic mass is 10.2. The van der Waals surface area contributed by atoms with E-state index in [1.807, 2.05) is 0 Å². The van der Waals surface area contributed by atoms with Crippen LogP contribution in [0.3, 0.4) is 0 Å². The molecule has 0 radical (unpaired) electrons. The summed E-state index contributed by atoms with van der Waals surface area (Å²) in [5.41, 5.74) is 5.38. The molecule has 0 saturated heterocycles. The van der Waals surface area contributed by atoms with Crippen molar-refractivity contribution < 1.29 is 9.18 Å². The molecule has 0 aliphatic carbocycles. The third-order valence-corrected chi connectivity index (χ3v) is 1.40. The van der Waals surface area contributed by atoms with Gasteiger partial charge in [-0.15, -0.1) is 0 Å². The fraction of sp³-hybridized carbons (Fsp3) is 0.250. The predicted octanol–water partition coefficient (Wildman–Crippen LogP) is -0.0908. The summed E-state index contributed by atoms with van der Waals surface area (Å²) < 4.78 is 12.6. The van der Waals surface area contributed by atoms with Crippen molar-refractivity contribution in [1.82, 2.24) is 10.3 Å². The van der Waals surface area contributed by atoms with E-state index < -0.39 is 5.82 Å². The minimum Gasteiger partial charge on any atom is -0.351 e. The molecule has 0 bridgehead atoms. The Morgan fingerprint density at radius 3 is 3.00 bits per heavy atom. The zero-order valence-electron chi connectivity index (χ0n) is 6.96. The van der Waals surface area contributed by atoms with Crippen molar-refractivity contribution in [3.63, 3.8) is 0 Å². The molecule has 0 aliphatic heterocycles. The van der Waals surface area contributed by atoms with Gasteiger partial charge in [-0.25, -0.2) is 4.39 Å². The number of amides is 1. The average molecular weight is 183 g/mol. The van der Waals surface area contributed by atoms with E-state index in [9.17, 15) is 9.18 Å². The van der Waals surface area contributed by atoms with E-state index in [4.69, 9.17) is 5.73 Å². The molecule has 0 fully saturated rings. The third kappa shape index (κ3) is 2.79. The summed E-state index contributed by atoms with van der Waals surface area (Å²) in [4.78, 5) is 14.7. The van der Waals surface area contributed by atoms with Crippen LogP contribution < -0.4 is 11.1 Å². The second-order valence-corrected chi connectivity index (χ2v) is 2.44. The fourth-order valence-electron chi connectivity index (χ4n) is 0.824. The topological polar surface area (TPSA) is 68.0 Å². The van der Waals surface area contributed by atoms with E-state index in [1.54, 1.807) is 0 Å². The quantitative estimate of drug-likeness (QED) is 0.688. The molecule has 1 aromatic heterocycles. The maximum Gasteiger partial charge on any atom is 0.252 e. The maximum atomic E-state index is 12.6. The van der Waals surface area contributed by atoms with Crippen molar-refractivity contribution in [3.8, 4) is 0 Å². The maximum absolute atomic E-state index is 12.6. The van der Waals surface area contributed by atoms with Crippen molar-refractivity contribution in [3.05, 3.63) is 29.8 Å². The number of nitrogens with two attached hydrogens (primary N) is 1. The highest BCUT2D eigenvalue weighted by Gasteiger charge is 2.04. The zero-order chi connectivity index (χ0) is 9.68. The highest BCUT2D eigenvalue weighted by molar-refractivity contribution is 5.93. The molecule has 0 aromatic carbocycles. The molecule has 1 heterocycles. The van der Waals surface area contributed by atoms with Gasteiger partial charge in [0.1, 0.15) is 5.82 Å². The number of nitrogens with one attached hydrogen (secondary N) is 1. The van der Waals surface area contributed by atoms with Crippen LogP contribution in [0.4, 0.5) is 4.39 Å². The van der Waals surface area contributed by atoms with Crippen LogP contribution in [0.25, 0.3) is 0 Å². The summed E-state index contributed by atoms with van der Waals surface area (Å²) in [6.45, 7) is 0.726. The van der Waals surface area contributed by atoms with Crippen LogP contribution in [0.5, 0.6) is 0 Å². The van der Waals surface area contributed by atoms with Crippen LogP contribution in [-0.2, 0) is 0 Å². The van der Waals surface area contributed by atoms with Gasteiger partial charge in [0.2, 0.25) is 0 Å². The molecule has 0 aliphatic rings. The molecule has 4 nitrogen and oxygen atoms in total. The van der Waals surface area contributed by atoms with E-state index in [0.29, 0.717) is 13.1 Å². The van der Waals surface area contributed by atoms with E-state index in [0.717, 1.165) is 12.3 Å². The van der Waals surface area contributed by atoms with Crippen molar-refractivity contribution in [1.29, 1.82) is 0 Å². The van der Waals surface area contributed by atoms with Gasteiger partial charge >= 0.3 is 0 Å². The molecular weight excluding hydrogens is 173 g/mol. The Labute approximate surface area is 75.0 Å². The Hall–Kier alpha value is -1.49. The van der Waals surface area contributed by atoms with Gasteiger partial charge in [-0.05, 0) is 6.07 Å². The van der Waals surface area contributed by atoms with E-state index in [1.165, 1.54) is 6.20 Å². The second kappa shape index (κ2) is 4.51. The van der Waals surface area contributed by atoms with Crippen LogP contribution in [-0.4, -0.2) is 24.0 Å². The summed E-state index contributed by atoms with van der Waals surface area (Å²) in [7, 11) is 0. The van der Waals surface area contributed by atoms with Gasteiger partial charge in [-0.3, -0.25) is 9.78 Å². The second-order valence-electron chi connectivity index (χ2n) is 2.44. The van der Waals surface area contributed by atoms with Crippen LogP contribution in [0, 0.1) is 5.82 Å². The van der Waals surface area contributed by atoms with E-state index >= 15 is 0 Å². The Balaban J connectivity index is 2.66. The fourth-order valence-corrected chi connectivity index (χ4v) is 0.824. The average Bonchev–Trinajstić information content (AvgIpc) is 2.14. The first-order chi connectivity index (χ1) is 6.24. The minimum atomic E-state index is -0.527. The summed E-state index contributed by atoms with van der Waals surface area (Å²) in [5, 5.41) is 2.51.